The van der Waals surface area contributed by atoms with Gasteiger partial charge in [-0.2, -0.15) is 0 Å². The van der Waals surface area contributed by atoms with Gasteiger partial charge in [-0.1, -0.05) is 48.5 Å². The van der Waals surface area contributed by atoms with Crippen molar-refractivity contribution in [3.05, 3.63) is 171 Å². The summed E-state index contributed by atoms with van der Waals surface area (Å²) in [5.74, 6) is 0. The first kappa shape index (κ1) is 28.8. The molecule has 0 atom stereocenters. The minimum Gasteiger partial charge on any atom is -0.255 e. The highest BCUT2D eigenvalue weighted by molar-refractivity contribution is 5.84. The third-order valence-corrected chi connectivity index (χ3v) is 8.26. The standard InChI is InChI=1S/C42H28N6/c1-3-15-45-39(11-1)41-24-33(13-17-47-41)29-7-5-9-31(19-29)35-21-36(23-37(22-35)38-26-43-28-44-27-38)32-10-6-8-30(20-32)34-14-18-48-42(25-34)40-12-2-4-16-46-40/h1-28H. The lowest BCUT2D eigenvalue weighted by Crippen LogP contribution is -1.90. The molecule has 226 valence electrons. The molecule has 48 heavy (non-hydrogen) atoms. The molecule has 5 aromatic heterocycles. The molecule has 6 heteroatoms. The highest BCUT2D eigenvalue weighted by Gasteiger charge is 2.12. The molecule has 8 rings (SSSR count). The molecule has 0 unspecified atom stereocenters. The summed E-state index contributed by atoms with van der Waals surface area (Å²) in [6.07, 6.45) is 12.5. The first-order valence-electron chi connectivity index (χ1n) is 15.6. The molecule has 0 radical (unpaired) electrons. The van der Waals surface area contributed by atoms with Gasteiger partial charge in [0.15, 0.2) is 0 Å². The van der Waals surface area contributed by atoms with Gasteiger partial charge in [0.05, 0.1) is 22.8 Å². The largest absolute Gasteiger partial charge is 0.255 e. The predicted octanol–water partition coefficient (Wildman–Crippen LogP) is 9.73. The lowest BCUT2D eigenvalue weighted by Gasteiger charge is -2.13. The minimum atomic E-state index is 0.841. The molecule has 3 aromatic carbocycles. The Morgan fingerprint density at radius 3 is 1.12 bits per heavy atom. The Hall–Kier alpha value is -6.66. The second kappa shape index (κ2) is 13.0. The zero-order valence-electron chi connectivity index (χ0n) is 25.8. The minimum absolute atomic E-state index is 0.841. The van der Waals surface area contributed by atoms with E-state index in [9.17, 15) is 0 Å². The molecule has 0 fully saturated rings. The lowest BCUT2D eigenvalue weighted by molar-refractivity contribution is 1.17. The zero-order valence-corrected chi connectivity index (χ0v) is 25.8. The SMILES string of the molecule is c1ccc(-c2cc(-c3cccc(-c4cc(-c5cncnc5)cc(-c5cccc(-c6ccnc(-c7ccccn7)c6)c5)c4)c3)ccn2)nc1. The van der Waals surface area contributed by atoms with Crippen molar-refractivity contribution in [3.8, 4) is 78.4 Å². The van der Waals surface area contributed by atoms with Crippen molar-refractivity contribution in [2.75, 3.05) is 0 Å². The van der Waals surface area contributed by atoms with E-state index in [-0.39, 0.29) is 0 Å². The van der Waals surface area contributed by atoms with Crippen LogP contribution in [0, 0.1) is 0 Å². The second-order valence-corrected chi connectivity index (χ2v) is 11.4. The maximum atomic E-state index is 4.57. The summed E-state index contributed by atoms with van der Waals surface area (Å²) in [6, 6.07) is 43.9. The summed E-state index contributed by atoms with van der Waals surface area (Å²) in [5.41, 5.74) is 14.1. The lowest BCUT2D eigenvalue weighted by atomic mass is 9.91. The molecule has 5 heterocycles. The third-order valence-electron chi connectivity index (χ3n) is 8.26. The summed E-state index contributed by atoms with van der Waals surface area (Å²) >= 11 is 0. The number of benzene rings is 3. The molecular weight excluding hydrogens is 589 g/mol. The maximum Gasteiger partial charge on any atom is 0.115 e. The van der Waals surface area contributed by atoms with Crippen LogP contribution >= 0.6 is 0 Å². The molecule has 8 aromatic rings. The highest BCUT2D eigenvalue weighted by atomic mass is 14.8. The van der Waals surface area contributed by atoms with Crippen molar-refractivity contribution < 1.29 is 0 Å². The fourth-order valence-corrected chi connectivity index (χ4v) is 5.86. The van der Waals surface area contributed by atoms with Gasteiger partial charge in [0.1, 0.15) is 6.33 Å². The first-order chi connectivity index (χ1) is 23.8. The quantitative estimate of drug-likeness (QED) is 0.177. The van der Waals surface area contributed by atoms with Gasteiger partial charge in [-0.25, -0.2) is 9.97 Å². The van der Waals surface area contributed by atoms with Crippen LogP contribution in [-0.2, 0) is 0 Å². The van der Waals surface area contributed by atoms with E-state index in [0.29, 0.717) is 0 Å². The highest BCUT2D eigenvalue weighted by Crippen LogP contribution is 2.36. The smallest absolute Gasteiger partial charge is 0.115 e. The normalized spacial score (nSPS) is 10.9. The number of nitrogens with zero attached hydrogens (tertiary/aromatic N) is 6. The van der Waals surface area contributed by atoms with E-state index in [2.05, 4.69) is 109 Å². The average molecular weight is 617 g/mol. The van der Waals surface area contributed by atoms with Gasteiger partial charge in [-0.15, -0.1) is 0 Å². The number of rotatable bonds is 7. The van der Waals surface area contributed by atoms with Crippen LogP contribution in [0.3, 0.4) is 0 Å². The van der Waals surface area contributed by atoms with Gasteiger partial charge in [0, 0.05) is 42.7 Å². The monoisotopic (exact) mass is 616 g/mol. The fourth-order valence-electron chi connectivity index (χ4n) is 5.86. The topological polar surface area (TPSA) is 77.3 Å². The van der Waals surface area contributed by atoms with E-state index >= 15 is 0 Å². The number of hydrogen-bond donors (Lipinski definition) is 0. The van der Waals surface area contributed by atoms with Gasteiger partial charge in [-0.3, -0.25) is 19.9 Å². The van der Waals surface area contributed by atoms with Gasteiger partial charge in [0.2, 0.25) is 0 Å². The van der Waals surface area contributed by atoms with E-state index in [0.717, 1.165) is 78.4 Å². The maximum absolute atomic E-state index is 4.57. The molecule has 0 N–H and O–H groups in total. The van der Waals surface area contributed by atoms with Crippen molar-refractivity contribution in [3.63, 3.8) is 0 Å². The van der Waals surface area contributed by atoms with Gasteiger partial charge in [0.25, 0.3) is 0 Å². The molecule has 0 bridgehead atoms. The molecule has 6 nitrogen and oxygen atoms in total. The Bertz CT molecular complexity index is 2200. The molecule has 0 saturated carbocycles. The Morgan fingerprint density at radius 1 is 0.271 bits per heavy atom. The van der Waals surface area contributed by atoms with E-state index in [1.807, 2.05) is 73.3 Å². The van der Waals surface area contributed by atoms with Crippen LogP contribution in [0.25, 0.3) is 78.4 Å². The molecule has 0 aliphatic rings. The van der Waals surface area contributed by atoms with Crippen molar-refractivity contribution in [1.29, 1.82) is 0 Å². The van der Waals surface area contributed by atoms with Gasteiger partial charge >= 0.3 is 0 Å². The zero-order chi connectivity index (χ0) is 32.1. The Kier molecular flexibility index (Phi) is 7.79. The molecule has 0 spiro atoms. The second-order valence-electron chi connectivity index (χ2n) is 11.4. The average Bonchev–Trinajstić information content (AvgIpc) is 3.19. The molecule has 0 saturated heterocycles. The number of pyridine rings is 4. The predicted molar refractivity (Wildman–Crippen MR) is 191 cm³/mol. The van der Waals surface area contributed by atoms with E-state index < -0.39 is 0 Å². The van der Waals surface area contributed by atoms with Crippen LogP contribution in [0.15, 0.2) is 171 Å². The number of aromatic nitrogens is 6. The third kappa shape index (κ3) is 6.10. The number of hydrogen-bond acceptors (Lipinski definition) is 6. The van der Waals surface area contributed by atoms with Gasteiger partial charge < -0.3 is 0 Å². The van der Waals surface area contributed by atoms with Crippen LogP contribution in [0.5, 0.6) is 0 Å². The Balaban J connectivity index is 1.20. The fraction of sp³-hybridized carbons (Fsp3) is 0. The molecule has 0 aliphatic heterocycles. The summed E-state index contributed by atoms with van der Waals surface area (Å²) in [6.45, 7) is 0. The van der Waals surface area contributed by atoms with Crippen LogP contribution < -0.4 is 0 Å². The van der Waals surface area contributed by atoms with E-state index in [1.54, 1.807) is 18.7 Å². The molecule has 0 aliphatic carbocycles. The summed E-state index contributed by atoms with van der Waals surface area (Å²) < 4.78 is 0. The first-order valence-corrected chi connectivity index (χ1v) is 15.6. The van der Waals surface area contributed by atoms with Crippen LogP contribution in [-0.4, -0.2) is 29.9 Å². The molecular formula is C42H28N6. The molecule has 0 amide bonds. The van der Waals surface area contributed by atoms with E-state index in [4.69, 9.17) is 0 Å². The van der Waals surface area contributed by atoms with Crippen molar-refractivity contribution in [1.82, 2.24) is 29.9 Å². The Morgan fingerprint density at radius 2 is 0.667 bits per heavy atom. The van der Waals surface area contributed by atoms with Crippen LogP contribution in [0.4, 0.5) is 0 Å². The van der Waals surface area contributed by atoms with Crippen molar-refractivity contribution in [2.45, 2.75) is 0 Å². The van der Waals surface area contributed by atoms with Crippen molar-refractivity contribution >= 4 is 0 Å². The summed E-state index contributed by atoms with van der Waals surface area (Å²) in [4.78, 5) is 26.7. The van der Waals surface area contributed by atoms with Crippen LogP contribution in [0.2, 0.25) is 0 Å². The van der Waals surface area contributed by atoms with Gasteiger partial charge in [-0.05, 0) is 129 Å². The Labute approximate surface area is 278 Å². The van der Waals surface area contributed by atoms with Crippen LogP contribution in [0.1, 0.15) is 0 Å². The summed E-state index contributed by atoms with van der Waals surface area (Å²) in [5, 5.41) is 0. The van der Waals surface area contributed by atoms with Crippen molar-refractivity contribution in [2.24, 2.45) is 0 Å². The summed E-state index contributed by atoms with van der Waals surface area (Å²) in [7, 11) is 0. The van der Waals surface area contributed by atoms with E-state index in [1.165, 1.54) is 0 Å².